The first-order chi connectivity index (χ1) is 18.7. The fourth-order valence-corrected chi connectivity index (χ4v) is 5.42. The maximum absolute atomic E-state index is 10.0. The van der Waals surface area contributed by atoms with Gasteiger partial charge in [0.25, 0.3) is 0 Å². The number of pyridine rings is 1. The Morgan fingerprint density at radius 1 is 0.810 bits per heavy atom. The average Bonchev–Trinajstić information content (AvgIpc) is 3.25. The standard InChI is InChI=1S/C32H38NS.C5H8O2.Ir/c1-20-13-21(15-23(14-20)30(2,3)4)26-11-12-28-27(33-26)19-29(34-28)22-16-24(31(5,6)7)18-25(17-22)32(8,9)10;1-4(6)3-5(2)7;/h11-12,14-19H,1-10H3;3,6H,1-2H3;/q-1;;/b;4-3-;. The second-order valence-electron chi connectivity index (χ2n) is 14.1. The zero-order chi connectivity index (χ0) is 30.9. The van der Waals surface area contributed by atoms with Crippen LogP contribution >= 0.6 is 11.3 Å². The van der Waals surface area contributed by atoms with Crippen LogP contribution in [0.2, 0.25) is 0 Å². The third-order valence-electron chi connectivity index (χ3n) is 6.88. The summed E-state index contributed by atoms with van der Waals surface area (Å²) in [5.41, 5.74) is 9.95. The number of hydrogen-bond acceptors (Lipinski definition) is 4. The Morgan fingerprint density at radius 3 is 1.79 bits per heavy atom. The van der Waals surface area contributed by atoms with E-state index in [9.17, 15) is 4.79 Å². The molecule has 3 nitrogen and oxygen atoms in total. The fourth-order valence-electron chi connectivity index (χ4n) is 4.43. The number of rotatable bonds is 3. The largest absolute Gasteiger partial charge is 0.512 e. The quantitative estimate of drug-likeness (QED) is 0.129. The Kier molecular flexibility index (Phi) is 11.3. The molecule has 0 spiro atoms. The number of nitrogens with zero attached hydrogens (tertiary/aromatic N) is 1. The van der Waals surface area contributed by atoms with Crippen LogP contribution in [0.3, 0.4) is 0 Å². The van der Waals surface area contributed by atoms with Crippen LogP contribution in [0.1, 0.15) is 98.4 Å². The van der Waals surface area contributed by atoms with E-state index in [0.29, 0.717) is 0 Å². The number of aryl methyl sites for hydroxylation is 1. The predicted octanol–water partition coefficient (Wildman–Crippen LogP) is 10.7. The van der Waals surface area contributed by atoms with E-state index in [4.69, 9.17) is 10.1 Å². The maximum Gasteiger partial charge on any atom is 0.155 e. The molecule has 2 aromatic carbocycles. The molecule has 0 atom stereocenters. The van der Waals surface area contributed by atoms with Gasteiger partial charge in [0.15, 0.2) is 5.78 Å². The van der Waals surface area contributed by atoms with Crippen LogP contribution in [-0.4, -0.2) is 15.9 Å². The van der Waals surface area contributed by atoms with Crippen LogP contribution in [0.15, 0.2) is 60.4 Å². The van der Waals surface area contributed by atoms with Crippen LogP contribution in [0.25, 0.3) is 31.9 Å². The minimum Gasteiger partial charge on any atom is -0.512 e. The molecule has 0 fully saturated rings. The number of fused-ring (bicyclic) bond motifs is 1. The molecular weight excluding hydrogens is 715 g/mol. The van der Waals surface area contributed by atoms with Crippen LogP contribution in [-0.2, 0) is 41.1 Å². The van der Waals surface area contributed by atoms with Crippen molar-refractivity contribution in [2.45, 2.75) is 99.3 Å². The van der Waals surface area contributed by atoms with Crippen molar-refractivity contribution in [3.05, 3.63) is 88.7 Å². The zero-order valence-electron chi connectivity index (χ0n) is 27.2. The molecule has 0 bridgehead atoms. The SMILES string of the molecule is CC(=O)/C=C(/C)O.Cc1[c-]c(-c2ccc3sc(-c4cc(C(C)(C)C)cc(C(C)(C)C)c4)cc3n2)cc(C(C)(C)C)c1.[Ir]. The predicted molar refractivity (Wildman–Crippen MR) is 177 cm³/mol. The third kappa shape index (κ3) is 9.46. The molecule has 1 N–H and O–H groups in total. The number of carbonyl (C=O) groups is 1. The van der Waals surface area contributed by atoms with Crippen LogP contribution < -0.4 is 0 Å². The van der Waals surface area contributed by atoms with Crippen molar-refractivity contribution in [2.75, 3.05) is 0 Å². The van der Waals surface area contributed by atoms with Gasteiger partial charge >= 0.3 is 0 Å². The van der Waals surface area contributed by atoms with Gasteiger partial charge in [0.1, 0.15) is 0 Å². The first-order valence-electron chi connectivity index (χ1n) is 14.2. The van der Waals surface area contributed by atoms with Gasteiger partial charge in [-0.05, 0) is 76.7 Å². The number of carbonyl (C=O) groups excluding carboxylic acids is 1. The second kappa shape index (κ2) is 13.4. The number of aliphatic hydroxyl groups excluding tert-OH is 1. The van der Waals surface area contributed by atoms with Gasteiger partial charge in [0.2, 0.25) is 0 Å². The summed E-state index contributed by atoms with van der Waals surface area (Å²) in [7, 11) is 0. The van der Waals surface area contributed by atoms with Crippen molar-refractivity contribution in [3.8, 4) is 21.7 Å². The minimum absolute atomic E-state index is 0. The number of aliphatic hydroxyl groups is 1. The van der Waals surface area contributed by atoms with Crippen molar-refractivity contribution >= 4 is 27.3 Å². The number of hydrogen-bond donors (Lipinski definition) is 1. The number of ketones is 1. The Morgan fingerprint density at radius 2 is 1.33 bits per heavy atom. The van der Waals surface area contributed by atoms with E-state index in [1.165, 1.54) is 51.8 Å². The molecule has 5 heteroatoms. The molecule has 42 heavy (non-hydrogen) atoms. The normalized spacial score (nSPS) is 12.4. The summed E-state index contributed by atoms with van der Waals surface area (Å²) in [6, 6.07) is 21.8. The van der Waals surface area contributed by atoms with Crippen LogP contribution in [0, 0.1) is 13.0 Å². The second-order valence-corrected chi connectivity index (χ2v) is 15.2. The number of benzene rings is 2. The summed E-state index contributed by atoms with van der Waals surface area (Å²) in [5, 5.41) is 8.36. The molecule has 1 radical (unpaired) electrons. The van der Waals surface area contributed by atoms with Gasteiger partial charge < -0.3 is 5.11 Å². The van der Waals surface area contributed by atoms with E-state index < -0.39 is 0 Å². The Balaban J connectivity index is 0.000000687. The average molecular weight is 761 g/mol. The van der Waals surface area contributed by atoms with Crippen LogP contribution in [0.5, 0.6) is 0 Å². The van der Waals surface area contributed by atoms with Gasteiger partial charge in [-0.3, -0.25) is 9.78 Å². The molecule has 0 aliphatic heterocycles. The van der Waals surface area contributed by atoms with E-state index in [1.54, 1.807) is 0 Å². The molecule has 4 rings (SSSR count). The molecule has 0 saturated heterocycles. The summed E-state index contributed by atoms with van der Waals surface area (Å²) in [6.07, 6.45) is 1.17. The van der Waals surface area contributed by atoms with E-state index >= 15 is 0 Å². The number of aromatic nitrogens is 1. The van der Waals surface area contributed by atoms with Gasteiger partial charge in [-0.2, -0.15) is 0 Å². The van der Waals surface area contributed by atoms with Gasteiger partial charge in [0.05, 0.1) is 16.0 Å². The van der Waals surface area contributed by atoms with Crippen molar-refractivity contribution in [1.82, 2.24) is 4.98 Å². The van der Waals surface area contributed by atoms with Gasteiger partial charge in [-0.15, -0.1) is 46.2 Å². The summed E-state index contributed by atoms with van der Waals surface area (Å²) in [6.45, 7) is 25.5. The Bertz CT molecular complexity index is 1550. The molecule has 0 unspecified atom stereocenters. The molecule has 2 aromatic heterocycles. The van der Waals surface area contributed by atoms with Crippen molar-refractivity contribution in [2.24, 2.45) is 0 Å². The van der Waals surface area contributed by atoms with E-state index in [2.05, 4.69) is 124 Å². The molecule has 227 valence electrons. The summed E-state index contributed by atoms with van der Waals surface area (Å²) >= 11 is 1.83. The third-order valence-corrected chi connectivity index (χ3v) is 8.02. The van der Waals surface area contributed by atoms with E-state index in [-0.39, 0.29) is 47.9 Å². The van der Waals surface area contributed by atoms with Gasteiger partial charge in [-0.25, -0.2) is 0 Å². The zero-order valence-corrected chi connectivity index (χ0v) is 30.5. The summed E-state index contributed by atoms with van der Waals surface area (Å²) in [5.74, 6) is -0.0625. The smallest absolute Gasteiger partial charge is 0.155 e. The molecule has 0 amide bonds. The summed E-state index contributed by atoms with van der Waals surface area (Å²) < 4.78 is 1.22. The minimum atomic E-state index is -0.125. The van der Waals surface area contributed by atoms with E-state index in [1.807, 2.05) is 11.3 Å². The fraction of sp³-hybridized carbons (Fsp3) is 0.405. The Hall–Kier alpha value is -2.59. The van der Waals surface area contributed by atoms with E-state index in [0.717, 1.165) is 22.3 Å². The number of allylic oxidation sites excluding steroid dienone is 2. The van der Waals surface area contributed by atoms with Crippen molar-refractivity contribution in [1.29, 1.82) is 0 Å². The molecule has 0 saturated carbocycles. The van der Waals surface area contributed by atoms with Crippen LogP contribution in [0.4, 0.5) is 0 Å². The molecular formula is C37H46IrNO2S-. The van der Waals surface area contributed by atoms with Crippen molar-refractivity contribution < 1.29 is 30.0 Å². The molecule has 0 aliphatic rings. The first kappa shape index (κ1) is 35.6. The topological polar surface area (TPSA) is 50.2 Å². The Labute approximate surface area is 270 Å². The van der Waals surface area contributed by atoms with Crippen molar-refractivity contribution in [3.63, 3.8) is 0 Å². The molecule has 0 aliphatic carbocycles. The monoisotopic (exact) mass is 761 g/mol. The number of thiophene rings is 1. The molecule has 4 aromatic rings. The molecule has 2 heterocycles. The van der Waals surface area contributed by atoms with Gasteiger partial charge in [-0.1, -0.05) is 81.4 Å². The maximum atomic E-state index is 10.0. The summed E-state index contributed by atoms with van der Waals surface area (Å²) in [4.78, 5) is 16.4. The first-order valence-corrected chi connectivity index (χ1v) is 15.1. The van der Waals surface area contributed by atoms with Gasteiger partial charge in [0, 0.05) is 31.1 Å².